The van der Waals surface area contributed by atoms with Crippen LogP contribution in [0.15, 0.2) is 241 Å². The van der Waals surface area contributed by atoms with E-state index in [1.165, 1.54) is 55.1 Å². The Balaban J connectivity index is 1.17. The molecule has 4 nitrogen and oxygen atoms in total. The summed E-state index contributed by atoms with van der Waals surface area (Å²) in [5.41, 5.74) is 18.9. The standard InChI is InChI=1S/C70H51N3O/c1-44-33-45(2)36-56(35-44)72(54-29-27-48-17-11-13-19-50(48)39-54)64-42-65-66(59-26-16-15-25-58(59)64)61-41-62-67(60-31-32-71-43-63(60)70(62,52-21-7-5-8-22-52)53-23-9-6-10-24-53)68(69(61)74-65)73(57-37-46(3)34-47(4)38-57)55-30-28-49-18-12-14-20-51(49)40-55/h5-43H,1-4H3. The Morgan fingerprint density at radius 2 is 0.919 bits per heavy atom. The first-order valence-electron chi connectivity index (χ1n) is 25.6. The summed E-state index contributed by atoms with van der Waals surface area (Å²) in [7, 11) is 0. The highest BCUT2D eigenvalue weighted by molar-refractivity contribution is 6.26. The zero-order valence-corrected chi connectivity index (χ0v) is 41.8. The van der Waals surface area contributed by atoms with E-state index in [0.717, 1.165) is 88.9 Å². The van der Waals surface area contributed by atoms with Crippen molar-refractivity contribution in [3.63, 3.8) is 0 Å². The highest BCUT2D eigenvalue weighted by Crippen LogP contribution is 2.62. The molecule has 0 aliphatic heterocycles. The normalized spacial score (nSPS) is 12.7. The number of furan rings is 1. The molecule has 0 bridgehead atoms. The van der Waals surface area contributed by atoms with Crippen molar-refractivity contribution in [1.82, 2.24) is 4.98 Å². The van der Waals surface area contributed by atoms with E-state index < -0.39 is 5.41 Å². The van der Waals surface area contributed by atoms with Gasteiger partial charge in [0.25, 0.3) is 0 Å². The lowest BCUT2D eigenvalue weighted by atomic mass is 9.68. The highest BCUT2D eigenvalue weighted by Gasteiger charge is 2.49. The van der Waals surface area contributed by atoms with Crippen LogP contribution in [0.3, 0.4) is 0 Å². The minimum atomic E-state index is -0.739. The largest absolute Gasteiger partial charge is 0.454 e. The van der Waals surface area contributed by atoms with E-state index >= 15 is 0 Å². The number of aryl methyl sites for hydroxylation is 4. The maximum atomic E-state index is 7.78. The Kier molecular flexibility index (Phi) is 9.96. The molecule has 13 aromatic rings. The van der Waals surface area contributed by atoms with Crippen LogP contribution in [0.1, 0.15) is 44.5 Å². The number of pyridine rings is 1. The van der Waals surface area contributed by atoms with Gasteiger partial charge in [-0.25, -0.2) is 0 Å². The molecule has 4 heteroatoms. The summed E-state index contributed by atoms with van der Waals surface area (Å²) in [6.45, 7) is 8.77. The number of aromatic nitrogens is 1. The van der Waals surface area contributed by atoms with Crippen molar-refractivity contribution < 1.29 is 4.42 Å². The van der Waals surface area contributed by atoms with Crippen LogP contribution < -0.4 is 9.80 Å². The average Bonchev–Trinajstić information content (AvgIpc) is 4.04. The first-order valence-corrected chi connectivity index (χ1v) is 25.6. The third kappa shape index (κ3) is 6.72. The van der Waals surface area contributed by atoms with Gasteiger partial charge in [0.2, 0.25) is 0 Å². The van der Waals surface area contributed by atoms with Crippen molar-refractivity contribution in [3.05, 3.63) is 281 Å². The smallest absolute Gasteiger partial charge is 0.160 e. The highest BCUT2D eigenvalue weighted by atomic mass is 16.3. The first kappa shape index (κ1) is 43.5. The van der Waals surface area contributed by atoms with Crippen LogP contribution in [0.4, 0.5) is 34.1 Å². The van der Waals surface area contributed by atoms with Gasteiger partial charge in [-0.05, 0) is 165 Å². The molecular weight excluding hydrogens is 899 g/mol. The van der Waals surface area contributed by atoms with E-state index in [1.807, 2.05) is 6.20 Å². The van der Waals surface area contributed by atoms with Gasteiger partial charge in [0.05, 0.1) is 16.8 Å². The molecule has 0 saturated carbocycles. The number of anilines is 6. The maximum absolute atomic E-state index is 7.78. The zero-order valence-electron chi connectivity index (χ0n) is 41.8. The molecule has 0 N–H and O–H groups in total. The Morgan fingerprint density at radius 1 is 0.405 bits per heavy atom. The number of fused-ring (bicyclic) bond motifs is 10. The molecule has 0 fully saturated rings. The van der Waals surface area contributed by atoms with Crippen molar-refractivity contribution >= 4 is 88.4 Å². The monoisotopic (exact) mass is 949 g/mol. The molecule has 0 amide bonds. The van der Waals surface area contributed by atoms with Crippen LogP contribution in [-0.4, -0.2) is 4.98 Å². The predicted octanol–water partition coefficient (Wildman–Crippen LogP) is 19.0. The molecular formula is C70H51N3O. The van der Waals surface area contributed by atoms with Crippen molar-refractivity contribution in [1.29, 1.82) is 0 Å². The molecule has 0 atom stereocenters. The van der Waals surface area contributed by atoms with Crippen LogP contribution in [0.5, 0.6) is 0 Å². The fourth-order valence-corrected chi connectivity index (χ4v) is 12.6. The Morgan fingerprint density at radius 3 is 1.51 bits per heavy atom. The quantitative estimate of drug-likeness (QED) is 0.152. The molecule has 352 valence electrons. The van der Waals surface area contributed by atoms with E-state index in [-0.39, 0.29) is 0 Å². The van der Waals surface area contributed by atoms with E-state index in [9.17, 15) is 0 Å². The van der Waals surface area contributed by atoms with Crippen LogP contribution in [-0.2, 0) is 5.41 Å². The van der Waals surface area contributed by atoms with Gasteiger partial charge in [-0.3, -0.25) is 4.98 Å². The summed E-state index contributed by atoms with van der Waals surface area (Å²) in [5, 5.41) is 9.10. The predicted molar refractivity (Wildman–Crippen MR) is 310 cm³/mol. The van der Waals surface area contributed by atoms with Gasteiger partial charge in [-0.2, -0.15) is 0 Å². The molecule has 0 spiro atoms. The van der Waals surface area contributed by atoms with Crippen LogP contribution in [0.25, 0.3) is 65.4 Å². The third-order valence-corrected chi connectivity index (χ3v) is 15.4. The minimum Gasteiger partial charge on any atom is -0.454 e. The third-order valence-electron chi connectivity index (χ3n) is 15.4. The van der Waals surface area contributed by atoms with Gasteiger partial charge in [-0.1, -0.05) is 158 Å². The van der Waals surface area contributed by atoms with E-state index in [0.29, 0.717) is 0 Å². The number of hydrogen-bond acceptors (Lipinski definition) is 4. The van der Waals surface area contributed by atoms with Crippen molar-refractivity contribution in [2.75, 3.05) is 9.80 Å². The molecule has 0 saturated heterocycles. The van der Waals surface area contributed by atoms with Gasteiger partial charge >= 0.3 is 0 Å². The topological polar surface area (TPSA) is 32.5 Å². The molecule has 11 aromatic carbocycles. The summed E-state index contributed by atoms with van der Waals surface area (Å²) in [6, 6.07) is 82.7. The SMILES string of the molecule is Cc1cc(C)cc(N(c2ccc3ccccc3c2)c2cc3oc4c(N(c5cc(C)cc(C)c5)c5ccc6ccccc6c5)c5c(cc4c3c3ccccc23)C(c2ccccc2)(c2ccccc2)c2cnccc2-5)c1. The summed E-state index contributed by atoms with van der Waals surface area (Å²) < 4.78 is 7.78. The average molecular weight is 950 g/mol. The molecule has 0 radical (unpaired) electrons. The molecule has 2 heterocycles. The lowest BCUT2D eigenvalue weighted by Gasteiger charge is -2.34. The number of rotatable bonds is 8. The van der Waals surface area contributed by atoms with Gasteiger partial charge in [0, 0.05) is 62.9 Å². The molecule has 0 unspecified atom stereocenters. The fraction of sp³-hybridized carbons (Fsp3) is 0.0714. The second-order valence-corrected chi connectivity index (χ2v) is 20.3. The van der Waals surface area contributed by atoms with Crippen LogP contribution >= 0.6 is 0 Å². The lowest BCUT2D eigenvalue weighted by Crippen LogP contribution is -2.28. The summed E-state index contributed by atoms with van der Waals surface area (Å²) in [5.74, 6) is 0. The van der Waals surface area contributed by atoms with Crippen molar-refractivity contribution in [2.24, 2.45) is 0 Å². The number of nitrogens with zero attached hydrogens (tertiary/aromatic N) is 3. The Labute approximate surface area is 431 Å². The fourth-order valence-electron chi connectivity index (χ4n) is 12.6. The molecule has 2 aromatic heterocycles. The van der Waals surface area contributed by atoms with Gasteiger partial charge in [0.15, 0.2) is 5.58 Å². The van der Waals surface area contributed by atoms with Gasteiger partial charge in [0.1, 0.15) is 5.58 Å². The summed E-state index contributed by atoms with van der Waals surface area (Å²) in [4.78, 5) is 9.85. The molecule has 1 aliphatic rings. The van der Waals surface area contributed by atoms with Gasteiger partial charge in [-0.15, -0.1) is 0 Å². The molecule has 1 aliphatic carbocycles. The lowest BCUT2D eigenvalue weighted by molar-refractivity contribution is 0.669. The second kappa shape index (κ2) is 16.9. The molecule has 14 rings (SSSR count). The van der Waals surface area contributed by atoms with Crippen LogP contribution in [0.2, 0.25) is 0 Å². The molecule has 74 heavy (non-hydrogen) atoms. The summed E-state index contributed by atoms with van der Waals surface area (Å²) in [6.07, 6.45) is 4.05. The Hall–Kier alpha value is -9.25. The number of hydrogen-bond donors (Lipinski definition) is 0. The zero-order chi connectivity index (χ0) is 49.7. The number of benzene rings is 11. The van der Waals surface area contributed by atoms with E-state index in [2.05, 4.69) is 268 Å². The van der Waals surface area contributed by atoms with Crippen molar-refractivity contribution in [3.8, 4) is 11.1 Å². The maximum Gasteiger partial charge on any atom is 0.160 e. The second-order valence-electron chi connectivity index (χ2n) is 20.3. The Bertz CT molecular complexity index is 4300. The van der Waals surface area contributed by atoms with Crippen molar-refractivity contribution in [2.45, 2.75) is 33.1 Å². The van der Waals surface area contributed by atoms with E-state index in [4.69, 9.17) is 9.40 Å². The van der Waals surface area contributed by atoms with Crippen LogP contribution in [0, 0.1) is 27.7 Å². The first-order chi connectivity index (χ1) is 36.3. The van der Waals surface area contributed by atoms with E-state index in [1.54, 1.807) is 0 Å². The minimum absolute atomic E-state index is 0.739. The van der Waals surface area contributed by atoms with Gasteiger partial charge < -0.3 is 14.2 Å². The summed E-state index contributed by atoms with van der Waals surface area (Å²) >= 11 is 0.